The minimum Gasteiger partial charge on any atom is -0.475 e. The summed E-state index contributed by atoms with van der Waals surface area (Å²) in [6.07, 6.45) is -0.517. The van der Waals surface area contributed by atoms with Gasteiger partial charge in [-0.05, 0) is 43.0 Å². The average molecular weight is 559 g/mol. The van der Waals surface area contributed by atoms with E-state index in [9.17, 15) is 22.8 Å². The number of benzene rings is 1. The van der Waals surface area contributed by atoms with Crippen LogP contribution in [-0.4, -0.2) is 37.7 Å². The van der Waals surface area contributed by atoms with Crippen molar-refractivity contribution < 1.29 is 27.9 Å². The normalized spacial score (nSPS) is 15.5. The number of hydrogen-bond donors (Lipinski definition) is 4. The maximum atomic E-state index is 13.2. The molecule has 2 aliphatic heterocycles. The van der Waals surface area contributed by atoms with E-state index >= 15 is 0 Å². The standard InChI is InChI=1S/C25H28N6O2.C2HF3O2/c1-15-5-16(2)7-17(6-15)9-28-21-14-29-23-4-3-22(31(23)25(21)33)24(32)30-11-18-8-19-12-26-13-20(19)27-10-18;3-2(4,5)1(6)7/h5-8,10,14,22,26,28H,3-4,9,11-13H2,1-2H3,(H,30,32);(H,6,7)/t22-;/m0./s1. The number of aryl methyl sites for hydroxylation is 3. The van der Waals surface area contributed by atoms with Crippen LogP contribution in [0.15, 0.2) is 41.5 Å². The van der Waals surface area contributed by atoms with Crippen LogP contribution in [0.4, 0.5) is 18.9 Å². The Bertz CT molecular complexity index is 1470. The van der Waals surface area contributed by atoms with Crippen LogP contribution in [0.1, 0.15) is 51.8 Å². The summed E-state index contributed by atoms with van der Waals surface area (Å²) in [6, 6.07) is 7.84. The third-order valence-corrected chi connectivity index (χ3v) is 6.52. The maximum Gasteiger partial charge on any atom is 0.490 e. The number of carbonyl (C=O) groups excluding carboxylic acids is 1. The highest BCUT2D eigenvalue weighted by Crippen LogP contribution is 2.24. The molecule has 0 saturated carbocycles. The van der Waals surface area contributed by atoms with Gasteiger partial charge >= 0.3 is 12.1 Å². The molecular weight excluding hydrogens is 529 g/mol. The molecule has 0 radical (unpaired) electrons. The number of halogens is 3. The summed E-state index contributed by atoms with van der Waals surface area (Å²) in [7, 11) is 0. The third kappa shape index (κ3) is 6.84. The molecule has 0 aliphatic carbocycles. The van der Waals surface area contributed by atoms with Gasteiger partial charge in [0, 0.05) is 38.8 Å². The molecule has 10 nitrogen and oxygen atoms in total. The second kappa shape index (κ2) is 11.9. The first-order valence-electron chi connectivity index (χ1n) is 12.6. The van der Waals surface area contributed by atoms with E-state index in [1.54, 1.807) is 17.0 Å². The van der Waals surface area contributed by atoms with Crippen LogP contribution >= 0.6 is 0 Å². The van der Waals surface area contributed by atoms with Gasteiger partial charge in [-0.3, -0.25) is 19.1 Å². The zero-order valence-corrected chi connectivity index (χ0v) is 21.9. The molecule has 0 fully saturated rings. The van der Waals surface area contributed by atoms with Crippen molar-refractivity contribution in [2.45, 2.75) is 65.1 Å². The number of fused-ring (bicyclic) bond motifs is 2. The fourth-order valence-electron chi connectivity index (χ4n) is 4.76. The number of amides is 1. The fourth-order valence-corrected chi connectivity index (χ4v) is 4.76. The highest BCUT2D eigenvalue weighted by molar-refractivity contribution is 5.81. The topological polar surface area (TPSA) is 138 Å². The molecule has 212 valence electrons. The van der Waals surface area contributed by atoms with Crippen molar-refractivity contribution in [1.82, 2.24) is 25.2 Å². The summed E-state index contributed by atoms with van der Waals surface area (Å²) in [5.74, 6) is -2.27. The van der Waals surface area contributed by atoms with E-state index in [0.29, 0.717) is 37.4 Å². The molecule has 0 unspecified atom stereocenters. The number of pyridine rings is 1. The van der Waals surface area contributed by atoms with Gasteiger partial charge in [-0.15, -0.1) is 0 Å². The molecule has 5 rings (SSSR count). The first-order chi connectivity index (χ1) is 18.9. The Kier molecular flexibility index (Phi) is 8.52. The second-order valence-electron chi connectivity index (χ2n) is 9.74. The van der Waals surface area contributed by atoms with Crippen LogP contribution < -0.4 is 21.5 Å². The molecule has 1 amide bonds. The number of aromatic nitrogens is 3. The largest absolute Gasteiger partial charge is 0.490 e. The maximum absolute atomic E-state index is 13.2. The Morgan fingerprint density at radius 1 is 1.05 bits per heavy atom. The SMILES string of the molecule is Cc1cc(C)cc(CNc2cnc3n(c2=O)[C@H](C(=O)NCc2cnc4c(c2)CNC4)CC3)c1.O=C(O)C(F)(F)F. The van der Waals surface area contributed by atoms with Gasteiger partial charge in [-0.2, -0.15) is 13.2 Å². The lowest BCUT2D eigenvalue weighted by molar-refractivity contribution is -0.192. The molecule has 2 aromatic heterocycles. The van der Waals surface area contributed by atoms with E-state index in [1.165, 1.54) is 16.7 Å². The Hall–Kier alpha value is -4.26. The van der Waals surface area contributed by atoms with E-state index in [0.717, 1.165) is 29.9 Å². The lowest BCUT2D eigenvalue weighted by atomic mass is 10.1. The molecule has 0 bridgehead atoms. The monoisotopic (exact) mass is 558 g/mol. The van der Waals surface area contributed by atoms with Crippen molar-refractivity contribution in [1.29, 1.82) is 0 Å². The van der Waals surface area contributed by atoms with E-state index in [4.69, 9.17) is 9.90 Å². The van der Waals surface area contributed by atoms with Crippen LogP contribution in [0.2, 0.25) is 0 Å². The number of carboxylic acids is 1. The van der Waals surface area contributed by atoms with Gasteiger partial charge in [-0.25, -0.2) is 9.78 Å². The second-order valence-corrected chi connectivity index (χ2v) is 9.74. The van der Waals surface area contributed by atoms with Crippen molar-refractivity contribution >= 4 is 17.6 Å². The van der Waals surface area contributed by atoms with Gasteiger partial charge in [0.2, 0.25) is 5.91 Å². The van der Waals surface area contributed by atoms with E-state index in [2.05, 4.69) is 64.0 Å². The first kappa shape index (κ1) is 28.7. The van der Waals surface area contributed by atoms with E-state index < -0.39 is 18.2 Å². The molecule has 13 heteroatoms. The molecule has 0 spiro atoms. The number of alkyl halides is 3. The Labute approximate surface area is 227 Å². The molecule has 1 aromatic carbocycles. The molecule has 0 saturated heterocycles. The third-order valence-electron chi connectivity index (χ3n) is 6.52. The summed E-state index contributed by atoms with van der Waals surface area (Å²) in [6.45, 7) is 6.62. The number of carboxylic acid groups (broad SMARTS) is 1. The zero-order chi connectivity index (χ0) is 29.0. The average Bonchev–Trinajstić information content (AvgIpc) is 3.53. The summed E-state index contributed by atoms with van der Waals surface area (Å²) >= 11 is 0. The Morgan fingerprint density at radius 3 is 2.42 bits per heavy atom. The number of nitrogens with one attached hydrogen (secondary N) is 3. The molecule has 2 aliphatic rings. The molecule has 4 N–H and O–H groups in total. The van der Waals surface area contributed by atoms with Crippen molar-refractivity contribution in [3.8, 4) is 0 Å². The lowest BCUT2D eigenvalue weighted by Gasteiger charge is -2.16. The highest BCUT2D eigenvalue weighted by Gasteiger charge is 2.38. The summed E-state index contributed by atoms with van der Waals surface area (Å²) in [4.78, 5) is 44.0. The molecule has 4 heterocycles. The number of hydrogen-bond acceptors (Lipinski definition) is 7. The van der Waals surface area contributed by atoms with Gasteiger partial charge in [-0.1, -0.05) is 29.3 Å². The molecule has 40 heavy (non-hydrogen) atoms. The number of nitrogens with zero attached hydrogens (tertiary/aromatic N) is 3. The fraction of sp³-hybridized carbons (Fsp3) is 0.370. The van der Waals surface area contributed by atoms with Crippen LogP contribution in [-0.2, 0) is 42.2 Å². The minimum atomic E-state index is -5.08. The predicted molar refractivity (Wildman–Crippen MR) is 139 cm³/mol. The van der Waals surface area contributed by atoms with Gasteiger partial charge in [0.05, 0.1) is 11.9 Å². The van der Waals surface area contributed by atoms with Crippen molar-refractivity contribution in [3.63, 3.8) is 0 Å². The molecule has 1 atom stereocenters. The van der Waals surface area contributed by atoms with Crippen molar-refractivity contribution in [2.24, 2.45) is 0 Å². The summed E-state index contributed by atoms with van der Waals surface area (Å²) < 4.78 is 33.3. The molecular formula is C27H29F3N6O4. The van der Waals surface area contributed by atoms with Gasteiger partial charge in [0.25, 0.3) is 5.56 Å². The van der Waals surface area contributed by atoms with Crippen molar-refractivity contribution in [2.75, 3.05) is 5.32 Å². The zero-order valence-electron chi connectivity index (χ0n) is 21.9. The number of rotatable bonds is 6. The number of aliphatic carboxylic acids is 1. The minimum absolute atomic E-state index is 0.164. The van der Waals surface area contributed by atoms with Crippen LogP contribution in [0, 0.1) is 13.8 Å². The van der Waals surface area contributed by atoms with Crippen molar-refractivity contribution in [3.05, 3.63) is 86.3 Å². The first-order valence-corrected chi connectivity index (χ1v) is 12.6. The smallest absolute Gasteiger partial charge is 0.475 e. The quantitative estimate of drug-likeness (QED) is 0.363. The van der Waals surface area contributed by atoms with Gasteiger partial charge < -0.3 is 21.1 Å². The highest BCUT2D eigenvalue weighted by atomic mass is 19.4. The van der Waals surface area contributed by atoms with E-state index in [1.807, 2.05) is 0 Å². The molecule has 3 aromatic rings. The Morgan fingerprint density at radius 2 is 1.75 bits per heavy atom. The number of carbonyl (C=O) groups is 2. The lowest BCUT2D eigenvalue weighted by Crippen LogP contribution is -2.36. The van der Waals surface area contributed by atoms with Crippen LogP contribution in [0.5, 0.6) is 0 Å². The van der Waals surface area contributed by atoms with E-state index in [-0.39, 0.29) is 11.5 Å². The van der Waals surface area contributed by atoms with Gasteiger partial charge in [0.15, 0.2) is 0 Å². The van der Waals surface area contributed by atoms with Crippen LogP contribution in [0.25, 0.3) is 0 Å². The van der Waals surface area contributed by atoms with Gasteiger partial charge in [0.1, 0.15) is 17.6 Å². The number of anilines is 1. The predicted octanol–water partition coefficient (Wildman–Crippen LogP) is 2.91. The summed E-state index contributed by atoms with van der Waals surface area (Å²) in [5, 5.41) is 16.6. The summed E-state index contributed by atoms with van der Waals surface area (Å²) in [5.41, 5.74) is 6.87. The Balaban J connectivity index is 0.000000470. The van der Waals surface area contributed by atoms with Crippen LogP contribution in [0.3, 0.4) is 0 Å².